The Kier molecular flexibility index (Phi) is 2.48. The minimum atomic E-state index is 0.148. The molecule has 1 aromatic carbocycles. The maximum absolute atomic E-state index is 9.51. The highest BCUT2D eigenvalue weighted by atomic mass is 35.5. The lowest BCUT2D eigenvalue weighted by Crippen LogP contribution is -1.93. The van der Waals surface area contributed by atoms with Crippen molar-refractivity contribution in [3.8, 4) is 5.75 Å². The van der Waals surface area contributed by atoms with Crippen LogP contribution in [0.1, 0.15) is 25.3 Å². The van der Waals surface area contributed by atoms with Crippen LogP contribution in [-0.2, 0) is 0 Å². The quantitative estimate of drug-likeness (QED) is 0.522. The first-order valence-electron chi connectivity index (χ1n) is 3.80. The van der Waals surface area contributed by atoms with Crippen LogP contribution in [0, 0.1) is 0 Å². The number of benzene rings is 1. The standard InChI is InChI=1S/C9H12ClNO/c1-5(2)7-3-6(10)4-8(11)9(7)12/h3-5,12H,11H2,1-2H3. The van der Waals surface area contributed by atoms with Gasteiger partial charge in [0.2, 0.25) is 0 Å². The van der Waals surface area contributed by atoms with E-state index in [1.807, 2.05) is 13.8 Å². The van der Waals surface area contributed by atoms with Gasteiger partial charge in [0, 0.05) is 10.6 Å². The van der Waals surface area contributed by atoms with Gasteiger partial charge >= 0.3 is 0 Å². The van der Waals surface area contributed by atoms with Crippen molar-refractivity contribution in [1.29, 1.82) is 0 Å². The number of phenolic OH excluding ortho intramolecular Hbond substituents is 1. The third kappa shape index (κ3) is 1.64. The summed E-state index contributed by atoms with van der Waals surface area (Å²) in [6, 6.07) is 3.28. The number of halogens is 1. The molecule has 0 heterocycles. The highest BCUT2D eigenvalue weighted by molar-refractivity contribution is 6.31. The number of anilines is 1. The number of aromatic hydroxyl groups is 1. The largest absolute Gasteiger partial charge is 0.505 e. The number of phenols is 1. The van der Waals surface area contributed by atoms with Gasteiger partial charge in [0.1, 0.15) is 5.75 Å². The van der Waals surface area contributed by atoms with E-state index in [0.717, 1.165) is 5.56 Å². The molecule has 66 valence electrons. The van der Waals surface area contributed by atoms with Crippen LogP contribution in [-0.4, -0.2) is 5.11 Å². The minimum Gasteiger partial charge on any atom is -0.505 e. The minimum absolute atomic E-state index is 0.148. The van der Waals surface area contributed by atoms with E-state index in [0.29, 0.717) is 10.7 Å². The third-order valence-corrected chi connectivity index (χ3v) is 1.97. The van der Waals surface area contributed by atoms with Crippen molar-refractivity contribution in [2.24, 2.45) is 0 Å². The van der Waals surface area contributed by atoms with Gasteiger partial charge in [0.05, 0.1) is 5.69 Å². The lowest BCUT2D eigenvalue weighted by atomic mass is 10.0. The normalized spacial score (nSPS) is 10.7. The monoisotopic (exact) mass is 185 g/mol. The Bertz CT molecular complexity index is 297. The van der Waals surface area contributed by atoms with Gasteiger partial charge in [-0.05, 0) is 18.1 Å². The summed E-state index contributed by atoms with van der Waals surface area (Å²) in [6.45, 7) is 3.95. The summed E-state index contributed by atoms with van der Waals surface area (Å²) in [6.07, 6.45) is 0. The fourth-order valence-electron chi connectivity index (χ4n) is 1.08. The highest BCUT2D eigenvalue weighted by Gasteiger charge is 2.09. The molecule has 0 atom stereocenters. The number of nitrogen functional groups attached to an aromatic ring is 1. The van der Waals surface area contributed by atoms with E-state index in [4.69, 9.17) is 17.3 Å². The van der Waals surface area contributed by atoms with Crippen molar-refractivity contribution < 1.29 is 5.11 Å². The van der Waals surface area contributed by atoms with Crippen molar-refractivity contribution in [2.45, 2.75) is 19.8 Å². The number of rotatable bonds is 1. The Morgan fingerprint density at radius 3 is 2.50 bits per heavy atom. The van der Waals surface area contributed by atoms with Gasteiger partial charge in [-0.25, -0.2) is 0 Å². The number of hydrogen-bond donors (Lipinski definition) is 2. The molecule has 0 aromatic heterocycles. The number of nitrogens with two attached hydrogens (primary N) is 1. The average Bonchev–Trinajstić information content (AvgIpc) is 1.96. The van der Waals surface area contributed by atoms with Gasteiger partial charge in [0.15, 0.2) is 0 Å². The fourth-order valence-corrected chi connectivity index (χ4v) is 1.32. The summed E-state index contributed by atoms with van der Waals surface area (Å²) in [5, 5.41) is 10.1. The molecule has 0 fully saturated rings. The Morgan fingerprint density at radius 2 is 2.00 bits per heavy atom. The van der Waals surface area contributed by atoms with Crippen molar-refractivity contribution in [2.75, 3.05) is 5.73 Å². The Labute approximate surface area is 77.0 Å². The molecule has 0 unspecified atom stereocenters. The lowest BCUT2D eigenvalue weighted by Gasteiger charge is -2.10. The first-order chi connectivity index (χ1) is 5.52. The summed E-state index contributed by atoms with van der Waals surface area (Å²) in [4.78, 5) is 0. The first kappa shape index (κ1) is 9.20. The topological polar surface area (TPSA) is 46.2 Å². The molecule has 3 heteroatoms. The maximum atomic E-state index is 9.51. The molecule has 1 aromatic rings. The zero-order valence-corrected chi connectivity index (χ0v) is 7.89. The Morgan fingerprint density at radius 1 is 1.42 bits per heavy atom. The molecule has 0 saturated carbocycles. The van der Waals surface area contributed by atoms with Gasteiger partial charge in [-0.3, -0.25) is 0 Å². The van der Waals surface area contributed by atoms with Gasteiger partial charge < -0.3 is 10.8 Å². The van der Waals surface area contributed by atoms with Gasteiger partial charge in [-0.15, -0.1) is 0 Å². The highest BCUT2D eigenvalue weighted by Crippen LogP contribution is 2.33. The van der Waals surface area contributed by atoms with Gasteiger partial charge in [-0.2, -0.15) is 0 Å². The SMILES string of the molecule is CC(C)c1cc(Cl)cc(N)c1O. The van der Waals surface area contributed by atoms with Crippen LogP contribution in [0.2, 0.25) is 5.02 Å². The van der Waals surface area contributed by atoms with Crippen molar-refractivity contribution in [3.63, 3.8) is 0 Å². The zero-order chi connectivity index (χ0) is 9.30. The maximum Gasteiger partial charge on any atom is 0.142 e. The van der Waals surface area contributed by atoms with Crippen LogP contribution in [0.15, 0.2) is 12.1 Å². The van der Waals surface area contributed by atoms with E-state index in [1.54, 1.807) is 12.1 Å². The van der Waals surface area contributed by atoms with E-state index < -0.39 is 0 Å². The Hall–Kier alpha value is -0.890. The molecule has 0 bridgehead atoms. The molecule has 0 aliphatic carbocycles. The molecule has 0 spiro atoms. The number of hydrogen-bond acceptors (Lipinski definition) is 2. The third-order valence-electron chi connectivity index (χ3n) is 1.76. The van der Waals surface area contributed by atoms with Crippen LogP contribution >= 0.6 is 11.6 Å². The molecule has 2 nitrogen and oxygen atoms in total. The van der Waals surface area contributed by atoms with Crippen molar-refractivity contribution >= 4 is 17.3 Å². The molecule has 12 heavy (non-hydrogen) atoms. The second-order valence-electron chi connectivity index (χ2n) is 3.09. The van der Waals surface area contributed by atoms with E-state index >= 15 is 0 Å². The van der Waals surface area contributed by atoms with E-state index in [-0.39, 0.29) is 11.7 Å². The van der Waals surface area contributed by atoms with E-state index in [9.17, 15) is 5.11 Å². The molecular formula is C9H12ClNO. The summed E-state index contributed by atoms with van der Waals surface area (Å²) in [5.41, 5.74) is 6.66. The summed E-state index contributed by atoms with van der Waals surface area (Å²) in [7, 11) is 0. The predicted octanol–water partition coefficient (Wildman–Crippen LogP) is 2.75. The van der Waals surface area contributed by atoms with E-state index in [2.05, 4.69) is 0 Å². The molecule has 0 saturated heterocycles. The van der Waals surface area contributed by atoms with Gasteiger partial charge in [-0.1, -0.05) is 25.4 Å². The van der Waals surface area contributed by atoms with E-state index in [1.165, 1.54) is 0 Å². The summed E-state index contributed by atoms with van der Waals surface area (Å²) < 4.78 is 0. The molecule has 3 N–H and O–H groups in total. The van der Waals surface area contributed by atoms with Crippen LogP contribution in [0.4, 0.5) is 5.69 Å². The predicted molar refractivity (Wildman–Crippen MR) is 51.6 cm³/mol. The molecular weight excluding hydrogens is 174 g/mol. The zero-order valence-electron chi connectivity index (χ0n) is 7.13. The fraction of sp³-hybridized carbons (Fsp3) is 0.333. The first-order valence-corrected chi connectivity index (χ1v) is 4.18. The average molecular weight is 186 g/mol. The van der Waals surface area contributed by atoms with Crippen molar-refractivity contribution in [3.05, 3.63) is 22.7 Å². The van der Waals surface area contributed by atoms with Crippen LogP contribution in [0.25, 0.3) is 0 Å². The molecule has 0 aliphatic heterocycles. The summed E-state index contributed by atoms with van der Waals surface area (Å²) in [5.74, 6) is 0.375. The van der Waals surface area contributed by atoms with Crippen LogP contribution in [0.3, 0.4) is 0 Å². The van der Waals surface area contributed by atoms with Crippen LogP contribution in [0.5, 0.6) is 5.75 Å². The summed E-state index contributed by atoms with van der Waals surface area (Å²) >= 11 is 5.78. The second-order valence-corrected chi connectivity index (χ2v) is 3.52. The molecule has 0 aliphatic rings. The molecule has 1 rings (SSSR count). The van der Waals surface area contributed by atoms with Gasteiger partial charge in [0.25, 0.3) is 0 Å². The molecule has 0 radical (unpaired) electrons. The smallest absolute Gasteiger partial charge is 0.142 e. The lowest BCUT2D eigenvalue weighted by molar-refractivity contribution is 0.467. The molecule has 0 amide bonds. The van der Waals surface area contributed by atoms with Crippen LogP contribution < -0.4 is 5.73 Å². The Balaban J connectivity index is 3.28. The van der Waals surface area contributed by atoms with Crippen molar-refractivity contribution in [1.82, 2.24) is 0 Å². The second kappa shape index (κ2) is 3.23.